The third-order valence-corrected chi connectivity index (χ3v) is 3.66. The van der Waals surface area contributed by atoms with E-state index in [1.807, 2.05) is 0 Å². The molecule has 3 rings (SSSR count). The van der Waals surface area contributed by atoms with Gasteiger partial charge in [0.25, 0.3) is 5.91 Å². The fourth-order valence-corrected chi connectivity index (χ4v) is 2.44. The van der Waals surface area contributed by atoms with E-state index in [9.17, 15) is 4.79 Å². The minimum Gasteiger partial charge on any atom is -0.443 e. The Bertz CT molecular complexity index is 618. The minimum absolute atomic E-state index is 0.0971. The maximum Gasteiger partial charge on any atom is 0.274 e. The molecule has 1 aromatic carbocycles. The number of benzene rings is 1. The molecular formula is C15H15ClN2O3. The van der Waals surface area contributed by atoms with Gasteiger partial charge in [0, 0.05) is 23.7 Å². The monoisotopic (exact) mass is 306 g/mol. The topological polar surface area (TPSA) is 64.4 Å². The Hall–Kier alpha value is -1.85. The number of hydrogen-bond acceptors (Lipinski definition) is 4. The summed E-state index contributed by atoms with van der Waals surface area (Å²) in [4.78, 5) is 16.2. The average Bonchev–Trinajstić information content (AvgIpc) is 3.17. The van der Waals surface area contributed by atoms with Crippen LogP contribution in [0.25, 0.3) is 11.3 Å². The van der Waals surface area contributed by atoms with Crippen molar-refractivity contribution in [3.05, 3.63) is 41.4 Å². The van der Waals surface area contributed by atoms with Crippen molar-refractivity contribution in [2.75, 3.05) is 13.2 Å². The van der Waals surface area contributed by atoms with Crippen molar-refractivity contribution in [2.45, 2.75) is 18.9 Å². The predicted molar refractivity (Wildman–Crippen MR) is 78.3 cm³/mol. The Morgan fingerprint density at radius 3 is 2.90 bits per heavy atom. The largest absolute Gasteiger partial charge is 0.443 e. The number of ether oxygens (including phenoxy) is 1. The van der Waals surface area contributed by atoms with Gasteiger partial charge in [-0.2, -0.15) is 0 Å². The predicted octanol–water partition coefficient (Wildman–Crippen LogP) is 2.90. The molecule has 1 unspecified atom stereocenters. The number of halogens is 1. The summed E-state index contributed by atoms with van der Waals surface area (Å²) in [5, 5.41) is 3.46. The molecule has 0 radical (unpaired) electrons. The first-order valence-electron chi connectivity index (χ1n) is 6.83. The van der Waals surface area contributed by atoms with Crippen LogP contribution in [-0.4, -0.2) is 30.1 Å². The SMILES string of the molecule is O=C(NCC1CCCO1)c1ncoc1-c1ccc(Cl)cc1. The lowest BCUT2D eigenvalue weighted by Crippen LogP contribution is -2.32. The van der Waals surface area contributed by atoms with E-state index in [1.54, 1.807) is 24.3 Å². The molecule has 2 heterocycles. The molecule has 21 heavy (non-hydrogen) atoms. The van der Waals surface area contributed by atoms with E-state index in [0.717, 1.165) is 25.0 Å². The zero-order valence-corrected chi connectivity index (χ0v) is 12.1. The Morgan fingerprint density at radius 2 is 2.19 bits per heavy atom. The highest BCUT2D eigenvalue weighted by molar-refractivity contribution is 6.30. The summed E-state index contributed by atoms with van der Waals surface area (Å²) in [6.07, 6.45) is 3.38. The van der Waals surface area contributed by atoms with Crippen LogP contribution in [0.4, 0.5) is 0 Å². The molecule has 1 amide bonds. The van der Waals surface area contributed by atoms with Gasteiger partial charge in [0.2, 0.25) is 0 Å². The zero-order chi connectivity index (χ0) is 14.7. The van der Waals surface area contributed by atoms with Crippen molar-refractivity contribution in [2.24, 2.45) is 0 Å². The summed E-state index contributed by atoms with van der Waals surface area (Å²) in [6.45, 7) is 1.26. The molecule has 1 aliphatic heterocycles. The third-order valence-electron chi connectivity index (χ3n) is 3.40. The highest BCUT2D eigenvalue weighted by atomic mass is 35.5. The van der Waals surface area contributed by atoms with Gasteiger partial charge in [0.05, 0.1) is 6.10 Å². The van der Waals surface area contributed by atoms with Gasteiger partial charge in [-0.3, -0.25) is 4.79 Å². The molecule has 1 aromatic heterocycles. The van der Waals surface area contributed by atoms with E-state index >= 15 is 0 Å². The second-order valence-corrected chi connectivity index (χ2v) is 5.32. The first kappa shape index (κ1) is 14.1. The van der Waals surface area contributed by atoms with E-state index < -0.39 is 0 Å². The molecule has 110 valence electrons. The standard InChI is InChI=1S/C15H15ClN2O3/c16-11-5-3-10(4-6-11)14-13(18-9-21-14)15(19)17-8-12-2-1-7-20-12/h3-6,9,12H,1-2,7-8H2,(H,17,19). The van der Waals surface area contributed by atoms with Crippen LogP contribution in [0.5, 0.6) is 0 Å². The smallest absolute Gasteiger partial charge is 0.274 e. The van der Waals surface area contributed by atoms with Gasteiger partial charge in [-0.25, -0.2) is 4.98 Å². The molecule has 2 aromatic rings. The number of carbonyl (C=O) groups is 1. The summed E-state index contributed by atoms with van der Waals surface area (Å²) >= 11 is 5.86. The fraction of sp³-hybridized carbons (Fsp3) is 0.333. The van der Waals surface area contributed by atoms with Crippen LogP contribution in [0.2, 0.25) is 5.02 Å². The number of carbonyl (C=O) groups excluding carboxylic acids is 1. The molecule has 1 N–H and O–H groups in total. The van der Waals surface area contributed by atoms with Crippen molar-refractivity contribution < 1.29 is 13.9 Å². The molecule has 1 aliphatic rings. The second kappa shape index (κ2) is 6.28. The number of amides is 1. The summed E-state index contributed by atoms with van der Waals surface area (Å²) in [5.41, 5.74) is 1.04. The first-order chi connectivity index (χ1) is 10.2. The Morgan fingerprint density at radius 1 is 1.38 bits per heavy atom. The van der Waals surface area contributed by atoms with Crippen molar-refractivity contribution in [1.82, 2.24) is 10.3 Å². The molecule has 0 bridgehead atoms. The number of rotatable bonds is 4. The van der Waals surface area contributed by atoms with Gasteiger partial charge in [-0.1, -0.05) is 11.6 Å². The van der Waals surface area contributed by atoms with Gasteiger partial charge in [0.15, 0.2) is 17.8 Å². The van der Waals surface area contributed by atoms with E-state index in [4.69, 9.17) is 20.8 Å². The second-order valence-electron chi connectivity index (χ2n) is 4.88. The van der Waals surface area contributed by atoms with Crippen molar-refractivity contribution in [1.29, 1.82) is 0 Å². The summed E-state index contributed by atoms with van der Waals surface area (Å²) in [5.74, 6) is 0.181. The number of hydrogen-bond donors (Lipinski definition) is 1. The van der Waals surface area contributed by atoms with Crippen LogP contribution < -0.4 is 5.32 Å². The lowest BCUT2D eigenvalue weighted by Gasteiger charge is -2.10. The lowest BCUT2D eigenvalue weighted by atomic mass is 10.1. The fourth-order valence-electron chi connectivity index (χ4n) is 2.31. The van der Waals surface area contributed by atoms with Crippen LogP contribution in [0.1, 0.15) is 23.3 Å². The molecule has 0 saturated carbocycles. The van der Waals surface area contributed by atoms with Crippen LogP contribution in [0.3, 0.4) is 0 Å². The maximum absolute atomic E-state index is 12.2. The summed E-state index contributed by atoms with van der Waals surface area (Å²) < 4.78 is 10.8. The molecule has 0 aliphatic carbocycles. The summed E-state index contributed by atoms with van der Waals surface area (Å²) in [6, 6.07) is 7.07. The molecule has 6 heteroatoms. The van der Waals surface area contributed by atoms with Crippen LogP contribution in [0.15, 0.2) is 35.1 Å². The molecule has 1 atom stereocenters. The van der Waals surface area contributed by atoms with Crippen LogP contribution >= 0.6 is 11.6 Å². The Labute approximate surface area is 127 Å². The van der Waals surface area contributed by atoms with Gasteiger partial charge >= 0.3 is 0 Å². The number of nitrogens with zero attached hydrogens (tertiary/aromatic N) is 1. The van der Waals surface area contributed by atoms with Crippen molar-refractivity contribution in [3.63, 3.8) is 0 Å². The lowest BCUT2D eigenvalue weighted by molar-refractivity contribution is 0.0854. The quantitative estimate of drug-likeness (QED) is 0.943. The molecule has 5 nitrogen and oxygen atoms in total. The third kappa shape index (κ3) is 3.25. The first-order valence-corrected chi connectivity index (χ1v) is 7.21. The van der Waals surface area contributed by atoms with Gasteiger partial charge in [0.1, 0.15) is 0 Å². The van der Waals surface area contributed by atoms with E-state index in [0.29, 0.717) is 17.3 Å². The van der Waals surface area contributed by atoms with Crippen molar-refractivity contribution in [3.8, 4) is 11.3 Å². The minimum atomic E-state index is -0.260. The van der Waals surface area contributed by atoms with Gasteiger partial charge in [-0.15, -0.1) is 0 Å². The molecule has 1 fully saturated rings. The Kier molecular flexibility index (Phi) is 4.22. The molecule has 1 saturated heterocycles. The maximum atomic E-state index is 12.2. The van der Waals surface area contributed by atoms with Gasteiger partial charge < -0.3 is 14.5 Å². The van der Waals surface area contributed by atoms with Crippen LogP contribution in [0, 0.1) is 0 Å². The number of aromatic nitrogens is 1. The average molecular weight is 307 g/mol. The normalized spacial score (nSPS) is 17.9. The van der Waals surface area contributed by atoms with Gasteiger partial charge in [-0.05, 0) is 37.1 Å². The number of nitrogens with one attached hydrogen (secondary N) is 1. The number of oxazole rings is 1. The highest BCUT2D eigenvalue weighted by Crippen LogP contribution is 2.24. The zero-order valence-electron chi connectivity index (χ0n) is 11.3. The van der Waals surface area contributed by atoms with E-state index in [1.165, 1.54) is 6.39 Å². The van der Waals surface area contributed by atoms with E-state index in [2.05, 4.69) is 10.3 Å². The van der Waals surface area contributed by atoms with Crippen molar-refractivity contribution >= 4 is 17.5 Å². The molecular weight excluding hydrogens is 292 g/mol. The Balaban J connectivity index is 1.72. The summed E-state index contributed by atoms with van der Waals surface area (Å²) in [7, 11) is 0. The molecule has 0 spiro atoms. The van der Waals surface area contributed by atoms with E-state index in [-0.39, 0.29) is 17.7 Å². The highest BCUT2D eigenvalue weighted by Gasteiger charge is 2.21. The van der Waals surface area contributed by atoms with Crippen LogP contribution in [-0.2, 0) is 4.74 Å².